The molecule has 6 nitrogen and oxygen atoms in total. The predicted molar refractivity (Wildman–Crippen MR) is 112 cm³/mol. The summed E-state index contributed by atoms with van der Waals surface area (Å²) < 4.78 is 7.79. The number of benzene rings is 2. The number of hydrogen-bond acceptors (Lipinski definition) is 3. The van der Waals surface area contributed by atoms with Gasteiger partial charge in [0.1, 0.15) is 11.3 Å². The van der Waals surface area contributed by atoms with Crippen LogP contribution >= 0.6 is 0 Å². The predicted octanol–water partition coefficient (Wildman–Crippen LogP) is 4.04. The Morgan fingerprint density at radius 3 is 2.82 bits per heavy atom. The van der Waals surface area contributed by atoms with E-state index >= 15 is 0 Å². The average molecular weight is 373 g/mol. The highest BCUT2D eigenvalue weighted by Crippen LogP contribution is 2.23. The van der Waals surface area contributed by atoms with E-state index in [-0.39, 0.29) is 6.04 Å². The van der Waals surface area contributed by atoms with E-state index < -0.39 is 0 Å². The minimum atomic E-state index is -0.00555. The van der Waals surface area contributed by atoms with Gasteiger partial charge in [0.25, 0.3) is 0 Å². The molecule has 0 saturated heterocycles. The van der Waals surface area contributed by atoms with Gasteiger partial charge in [0, 0.05) is 31.4 Å². The van der Waals surface area contributed by atoms with Gasteiger partial charge in [-0.15, -0.1) is 0 Å². The Labute approximate surface area is 163 Å². The summed E-state index contributed by atoms with van der Waals surface area (Å²) in [6, 6.07) is 20.2. The van der Waals surface area contributed by atoms with Crippen LogP contribution in [-0.2, 0) is 6.54 Å². The van der Waals surface area contributed by atoms with E-state index in [1.165, 1.54) is 0 Å². The molecule has 0 aliphatic carbocycles. The molecule has 2 aromatic carbocycles. The molecule has 28 heavy (non-hydrogen) atoms. The van der Waals surface area contributed by atoms with E-state index in [4.69, 9.17) is 4.42 Å². The molecule has 6 heteroatoms. The number of guanidine groups is 1. The SMILES string of the molecule is CN=C(NCc1cccc(-n2cccn2)c1)NC(C)c1cc2ccccc2o1. The molecule has 0 amide bonds. The summed E-state index contributed by atoms with van der Waals surface area (Å²) in [7, 11) is 1.76. The first kappa shape index (κ1) is 17.9. The normalized spacial score (nSPS) is 12.9. The number of nitrogens with zero attached hydrogens (tertiary/aromatic N) is 3. The van der Waals surface area contributed by atoms with Crippen LogP contribution in [0.1, 0.15) is 24.3 Å². The van der Waals surface area contributed by atoms with Crippen molar-refractivity contribution in [2.75, 3.05) is 7.05 Å². The molecule has 2 heterocycles. The van der Waals surface area contributed by atoms with Crippen molar-refractivity contribution in [3.8, 4) is 5.69 Å². The number of hydrogen-bond donors (Lipinski definition) is 2. The first-order chi connectivity index (χ1) is 13.7. The molecular weight excluding hydrogens is 350 g/mol. The van der Waals surface area contributed by atoms with Gasteiger partial charge in [0.2, 0.25) is 0 Å². The Morgan fingerprint density at radius 2 is 2.04 bits per heavy atom. The maximum absolute atomic E-state index is 5.94. The van der Waals surface area contributed by atoms with Gasteiger partial charge in [0.15, 0.2) is 5.96 Å². The van der Waals surface area contributed by atoms with Gasteiger partial charge in [-0.25, -0.2) is 4.68 Å². The fraction of sp³-hybridized carbons (Fsp3) is 0.182. The molecule has 0 bridgehead atoms. The van der Waals surface area contributed by atoms with Gasteiger partial charge in [-0.05, 0) is 42.8 Å². The van der Waals surface area contributed by atoms with Crippen LogP contribution in [0.2, 0.25) is 0 Å². The van der Waals surface area contributed by atoms with Crippen LogP contribution in [0.4, 0.5) is 0 Å². The summed E-state index contributed by atoms with van der Waals surface area (Å²) >= 11 is 0. The minimum Gasteiger partial charge on any atom is -0.459 e. The second-order valence-corrected chi connectivity index (χ2v) is 6.60. The van der Waals surface area contributed by atoms with Crippen LogP contribution in [0, 0.1) is 0 Å². The van der Waals surface area contributed by atoms with Gasteiger partial charge >= 0.3 is 0 Å². The first-order valence-electron chi connectivity index (χ1n) is 9.27. The lowest BCUT2D eigenvalue weighted by Gasteiger charge is -2.16. The third kappa shape index (κ3) is 3.91. The number of rotatable bonds is 5. The lowest BCUT2D eigenvalue weighted by molar-refractivity contribution is 0.488. The lowest BCUT2D eigenvalue weighted by Crippen LogP contribution is -2.38. The molecule has 0 aliphatic heterocycles. The van der Waals surface area contributed by atoms with Crippen molar-refractivity contribution in [1.82, 2.24) is 20.4 Å². The van der Waals surface area contributed by atoms with Crippen molar-refractivity contribution in [3.63, 3.8) is 0 Å². The topological polar surface area (TPSA) is 67.4 Å². The molecule has 4 rings (SSSR count). The van der Waals surface area contributed by atoms with E-state index in [0.717, 1.165) is 33.9 Å². The highest BCUT2D eigenvalue weighted by Gasteiger charge is 2.13. The van der Waals surface area contributed by atoms with Crippen LogP contribution in [0.15, 0.2) is 82.5 Å². The van der Waals surface area contributed by atoms with Crippen molar-refractivity contribution in [1.29, 1.82) is 0 Å². The van der Waals surface area contributed by atoms with Crippen LogP contribution in [-0.4, -0.2) is 22.8 Å². The zero-order valence-corrected chi connectivity index (χ0v) is 16.0. The van der Waals surface area contributed by atoms with E-state index in [2.05, 4.69) is 51.9 Å². The Morgan fingerprint density at radius 1 is 1.14 bits per heavy atom. The molecule has 2 N–H and O–H groups in total. The van der Waals surface area contributed by atoms with Crippen LogP contribution in [0.25, 0.3) is 16.7 Å². The van der Waals surface area contributed by atoms with Gasteiger partial charge in [-0.3, -0.25) is 4.99 Å². The van der Waals surface area contributed by atoms with Gasteiger partial charge in [-0.2, -0.15) is 5.10 Å². The van der Waals surface area contributed by atoms with Crippen LogP contribution in [0.3, 0.4) is 0 Å². The standard InChI is InChI=1S/C22H23N5O/c1-16(21-14-18-8-3-4-10-20(18)28-21)26-22(23-2)24-15-17-7-5-9-19(13-17)27-12-6-11-25-27/h3-14,16H,15H2,1-2H3,(H2,23,24,26). The molecule has 0 aliphatic rings. The number of nitrogens with one attached hydrogen (secondary N) is 2. The first-order valence-corrected chi connectivity index (χ1v) is 9.27. The number of aromatic nitrogens is 2. The second kappa shape index (κ2) is 8.00. The quantitative estimate of drug-likeness (QED) is 0.409. The smallest absolute Gasteiger partial charge is 0.191 e. The van der Waals surface area contributed by atoms with Crippen LogP contribution in [0.5, 0.6) is 0 Å². The Balaban J connectivity index is 1.40. The summed E-state index contributed by atoms with van der Waals surface area (Å²) in [5.41, 5.74) is 3.07. The van der Waals surface area contributed by atoms with E-state index in [9.17, 15) is 0 Å². The van der Waals surface area contributed by atoms with Crippen molar-refractivity contribution in [2.45, 2.75) is 19.5 Å². The molecule has 1 atom stereocenters. The molecule has 0 saturated carbocycles. The minimum absolute atomic E-state index is 0.00555. The summed E-state index contributed by atoms with van der Waals surface area (Å²) in [5, 5.41) is 12.1. The number of furan rings is 1. The van der Waals surface area contributed by atoms with Crippen molar-refractivity contribution in [2.24, 2.45) is 4.99 Å². The summed E-state index contributed by atoms with van der Waals surface area (Å²) in [5.74, 6) is 1.60. The van der Waals surface area contributed by atoms with Gasteiger partial charge < -0.3 is 15.1 Å². The Kier molecular flexibility index (Phi) is 5.10. The molecule has 142 valence electrons. The molecule has 0 fully saturated rings. The van der Waals surface area contributed by atoms with Gasteiger partial charge in [-0.1, -0.05) is 30.3 Å². The summed E-state index contributed by atoms with van der Waals surface area (Å²) in [6.07, 6.45) is 3.71. The fourth-order valence-corrected chi connectivity index (χ4v) is 3.10. The molecule has 1 unspecified atom stereocenters. The maximum atomic E-state index is 5.94. The largest absolute Gasteiger partial charge is 0.459 e. The number of fused-ring (bicyclic) bond motifs is 1. The average Bonchev–Trinajstić information content (AvgIpc) is 3.41. The fourth-order valence-electron chi connectivity index (χ4n) is 3.10. The zero-order valence-electron chi connectivity index (χ0n) is 16.0. The Hall–Kier alpha value is -3.54. The van der Waals surface area contributed by atoms with Gasteiger partial charge in [0.05, 0.1) is 11.7 Å². The lowest BCUT2D eigenvalue weighted by atomic mass is 10.2. The van der Waals surface area contributed by atoms with Crippen molar-refractivity contribution in [3.05, 3.63) is 84.4 Å². The Bertz CT molecular complexity index is 1050. The van der Waals surface area contributed by atoms with Crippen LogP contribution < -0.4 is 10.6 Å². The van der Waals surface area contributed by atoms with E-state index in [0.29, 0.717) is 6.54 Å². The molecule has 4 aromatic rings. The molecular formula is C22H23N5O. The monoisotopic (exact) mass is 373 g/mol. The molecule has 0 radical (unpaired) electrons. The molecule has 2 aromatic heterocycles. The maximum Gasteiger partial charge on any atom is 0.191 e. The third-order valence-corrected chi connectivity index (χ3v) is 4.59. The number of para-hydroxylation sites is 1. The van der Waals surface area contributed by atoms with E-state index in [1.807, 2.05) is 47.3 Å². The van der Waals surface area contributed by atoms with E-state index in [1.54, 1.807) is 13.2 Å². The van der Waals surface area contributed by atoms with Crippen molar-refractivity contribution < 1.29 is 4.42 Å². The highest BCUT2D eigenvalue weighted by molar-refractivity contribution is 5.81. The molecule has 0 spiro atoms. The summed E-state index contributed by atoms with van der Waals surface area (Å²) in [4.78, 5) is 4.33. The summed E-state index contributed by atoms with van der Waals surface area (Å²) in [6.45, 7) is 2.71. The second-order valence-electron chi connectivity index (χ2n) is 6.60. The zero-order chi connectivity index (χ0) is 19.3. The highest BCUT2D eigenvalue weighted by atomic mass is 16.3. The van der Waals surface area contributed by atoms with Crippen molar-refractivity contribution >= 4 is 16.9 Å². The number of aliphatic imine (C=N–C) groups is 1. The third-order valence-electron chi connectivity index (χ3n) is 4.59.